The number of rotatable bonds is 9. The molecule has 0 saturated heterocycles. The normalized spacial score (nSPS) is 21.4. The Morgan fingerprint density at radius 1 is 0.935 bits per heavy atom. The van der Waals surface area contributed by atoms with Crippen LogP contribution >= 0.6 is 0 Å². The van der Waals surface area contributed by atoms with Gasteiger partial charge in [-0.05, 0) is 43.2 Å². The van der Waals surface area contributed by atoms with E-state index in [9.17, 15) is 4.79 Å². The van der Waals surface area contributed by atoms with Gasteiger partial charge in [0.2, 0.25) is 0 Å². The molecule has 0 spiro atoms. The van der Waals surface area contributed by atoms with Gasteiger partial charge >= 0.3 is 0 Å². The summed E-state index contributed by atoms with van der Waals surface area (Å²) < 4.78 is 6.00. The smallest absolute Gasteiger partial charge is 0.141 e. The van der Waals surface area contributed by atoms with E-state index in [0.717, 1.165) is 25.3 Å². The second-order valence-electron chi connectivity index (χ2n) is 9.95. The summed E-state index contributed by atoms with van der Waals surface area (Å²) in [6, 6.07) is 23.1. The molecule has 0 N–H and O–H groups in total. The molecule has 2 aromatic rings. The summed E-state index contributed by atoms with van der Waals surface area (Å²) >= 11 is 0. The second kappa shape index (κ2) is 10.3. The van der Waals surface area contributed by atoms with Gasteiger partial charge in [-0.25, -0.2) is 0 Å². The molecule has 1 aliphatic carbocycles. The molecule has 0 radical (unpaired) electrons. The third-order valence-electron chi connectivity index (χ3n) is 7.78. The van der Waals surface area contributed by atoms with E-state index in [-0.39, 0.29) is 11.5 Å². The number of Topliss-reactive ketones (excluding diaryl/α,β-unsaturated/α-hetero) is 1. The Balaban J connectivity index is 2.00. The van der Waals surface area contributed by atoms with Gasteiger partial charge in [0.1, 0.15) is 5.78 Å². The summed E-state index contributed by atoms with van der Waals surface area (Å²) in [6.45, 7) is 12.2. The number of hydrogen-bond donors (Lipinski definition) is 0. The van der Waals surface area contributed by atoms with Crippen LogP contribution < -0.4 is 0 Å². The molecule has 1 saturated carbocycles. The van der Waals surface area contributed by atoms with E-state index in [2.05, 4.69) is 87.6 Å². The zero-order valence-electron chi connectivity index (χ0n) is 20.1. The largest absolute Gasteiger partial charge is 0.378 e. The van der Waals surface area contributed by atoms with Crippen molar-refractivity contribution in [1.82, 2.24) is 0 Å². The minimum atomic E-state index is -1.81. The van der Waals surface area contributed by atoms with Gasteiger partial charge in [0.15, 0.2) is 0 Å². The van der Waals surface area contributed by atoms with Gasteiger partial charge in [0.25, 0.3) is 0 Å². The summed E-state index contributed by atoms with van der Waals surface area (Å²) in [5, 5.41) is 0. The molecule has 3 heteroatoms. The van der Waals surface area contributed by atoms with Crippen LogP contribution in [0.1, 0.15) is 63.1 Å². The predicted molar refractivity (Wildman–Crippen MR) is 133 cm³/mol. The number of ketones is 1. The standard InChI is InChI=1S/C28H40O2Si/c1-6-28(7-2)24(19-25(30-8-3)20-26(28)29)21-31(4,5)27(22-15-11-9-12-16-22)23-17-13-10-14-18-23/h9-18,24-25,27H,6-8,19-21H2,1-5H3. The lowest BCUT2D eigenvalue weighted by Crippen LogP contribution is -2.50. The molecule has 3 rings (SSSR count). The summed E-state index contributed by atoms with van der Waals surface area (Å²) in [5.74, 6) is 0.838. The van der Waals surface area contributed by atoms with E-state index < -0.39 is 8.07 Å². The average molecular weight is 437 g/mol. The first kappa shape index (κ1) is 23.9. The molecule has 168 valence electrons. The monoisotopic (exact) mass is 436 g/mol. The van der Waals surface area contributed by atoms with E-state index in [4.69, 9.17) is 4.74 Å². The van der Waals surface area contributed by atoms with Gasteiger partial charge < -0.3 is 4.74 Å². The van der Waals surface area contributed by atoms with Crippen LogP contribution in [-0.4, -0.2) is 26.6 Å². The molecule has 31 heavy (non-hydrogen) atoms. The minimum absolute atomic E-state index is 0.0884. The van der Waals surface area contributed by atoms with Crippen molar-refractivity contribution in [3.05, 3.63) is 71.8 Å². The molecule has 0 heterocycles. The van der Waals surface area contributed by atoms with Crippen LogP contribution in [0.3, 0.4) is 0 Å². The van der Waals surface area contributed by atoms with Gasteiger partial charge in [0, 0.05) is 24.0 Å². The first-order valence-electron chi connectivity index (χ1n) is 12.1. The molecule has 0 aliphatic heterocycles. The molecule has 0 bridgehead atoms. The first-order chi connectivity index (χ1) is 14.9. The van der Waals surface area contributed by atoms with E-state index in [1.807, 2.05) is 6.92 Å². The first-order valence-corrected chi connectivity index (χ1v) is 15.4. The van der Waals surface area contributed by atoms with E-state index in [1.54, 1.807) is 0 Å². The van der Waals surface area contributed by atoms with Crippen LogP contribution in [0.15, 0.2) is 60.7 Å². The van der Waals surface area contributed by atoms with Gasteiger partial charge in [-0.2, -0.15) is 0 Å². The summed E-state index contributed by atoms with van der Waals surface area (Å²) in [7, 11) is -1.81. The zero-order valence-corrected chi connectivity index (χ0v) is 21.1. The molecule has 1 aliphatic rings. The Bertz CT molecular complexity index is 787. The van der Waals surface area contributed by atoms with Crippen molar-refractivity contribution in [3.8, 4) is 0 Å². The SMILES string of the molecule is CCOC1CC(=O)C(CC)(CC)C(C[Si](C)(C)C(c2ccccc2)c2ccccc2)C1. The molecular weight excluding hydrogens is 396 g/mol. The third-order valence-corrected chi connectivity index (χ3v) is 11.6. The summed E-state index contributed by atoms with van der Waals surface area (Å²) in [6.07, 6.45) is 3.59. The van der Waals surface area contributed by atoms with Crippen molar-refractivity contribution in [1.29, 1.82) is 0 Å². The van der Waals surface area contributed by atoms with Crippen molar-refractivity contribution < 1.29 is 9.53 Å². The van der Waals surface area contributed by atoms with Crippen molar-refractivity contribution in [2.24, 2.45) is 11.3 Å². The lowest BCUT2D eigenvalue weighted by atomic mass is 9.62. The van der Waals surface area contributed by atoms with Crippen LogP contribution in [0.4, 0.5) is 0 Å². The molecule has 2 aromatic carbocycles. The fourth-order valence-electron chi connectivity index (χ4n) is 6.27. The Morgan fingerprint density at radius 2 is 1.45 bits per heavy atom. The highest BCUT2D eigenvalue weighted by Gasteiger charge is 2.50. The highest BCUT2D eigenvalue weighted by molar-refractivity contribution is 6.79. The number of ether oxygens (including phenoxy) is 1. The van der Waals surface area contributed by atoms with E-state index in [1.165, 1.54) is 11.1 Å². The van der Waals surface area contributed by atoms with Crippen LogP contribution in [0.2, 0.25) is 19.1 Å². The highest BCUT2D eigenvalue weighted by atomic mass is 28.3. The van der Waals surface area contributed by atoms with Crippen molar-refractivity contribution in [2.75, 3.05) is 6.61 Å². The Kier molecular flexibility index (Phi) is 7.93. The summed E-state index contributed by atoms with van der Waals surface area (Å²) in [4.78, 5) is 13.4. The zero-order chi connectivity index (χ0) is 22.5. The fourth-order valence-corrected chi connectivity index (χ4v) is 10.5. The van der Waals surface area contributed by atoms with Crippen LogP contribution in [0.5, 0.6) is 0 Å². The molecular formula is C28H40O2Si. The molecule has 0 amide bonds. The van der Waals surface area contributed by atoms with E-state index in [0.29, 0.717) is 30.3 Å². The Hall–Kier alpha value is -1.71. The Morgan fingerprint density at radius 3 is 1.90 bits per heavy atom. The quantitative estimate of drug-likeness (QED) is 0.387. The maximum Gasteiger partial charge on any atom is 0.141 e. The van der Waals surface area contributed by atoms with Gasteiger partial charge in [-0.3, -0.25) is 4.79 Å². The van der Waals surface area contributed by atoms with Gasteiger partial charge in [-0.1, -0.05) is 93.6 Å². The maximum absolute atomic E-state index is 13.4. The van der Waals surface area contributed by atoms with Crippen molar-refractivity contribution in [2.45, 2.75) is 77.2 Å². The topological polar surface area (TPSA) is 26.3 Å². The molecule has 1 fully saturated rings. The van der Waals surface area contributed by atoms with Crippen LogP contribution in [-0.2, 0) is 9.53 Å². The van der Waals surface area contributed by atoms with Crippen molar-refractivity contribution >= 4 is 13.9 Å². The second-order valence-corrected chi connectivity index (χ2v) is 14.9. The average Bonchev–Trinajstić information content (AvgIpc) is 2.76. The predicted octanol–water partition coefficient (Wildman–Crippen LogP) is 7.26. The maximum atomic E-state index is 13.4. The highest BCUT2D eigenvalue weighted by Crippen LogP contribution is 2.50. The van der Waals surface area contributed by atoms with Crippen molar-refractivity contribution in [3.63, 3.8) is 0 Å². The fraction of sp³-hybridized carbons (Fsp3) is 0.536. The molecule has 0 aromatic heterocycles. The number of carbonyl (C=O) groups excluding carboxylic acids is 1. The minimum Gasteiger partial charge on any atom is -0.378 e. The Labute approximate surface area is 190 Å². The number of benzene rings is 2. The molecule has 2 unspecified atom stereocenters. The lowest BCUT2D eigenvalue weighted by molar-refractivity contribution is -0.142. The molecule has 2 atom stereocenters. The third kappa shape index (κ3) is 5.04. The number of carbonyl (C=O) groups is 1. The summed E-state index contributed by atoms with van der Waals surface area (Å²) in [5.41, 5.74) is 3.05. The van der Waals surface area contributed by atoms with Crippen LogP contribution in [0.25, 0.3) is 0 Å². The van der Waals surface area contributed by atoms with Gasteiger partial charge in [0.05, 0.1) is 14.2 Å². The molecule has 2 nitrogen and oxygen atoms in total. The van der Waals surface area contributed by atoms with Crippen LogP contribution in [0, 0.1) is 11.3 Å². The van der Waals surface area contributed by atoms with Gasteiger partial charge in [-0.15, -0.1) is 0 Å². The van der Waals surface area contributed by atoms with E-state index >= 15 is 0 Å². The number of hydrogen-bond acceptors (Lipinski definition) is 2. The lowest BCUT2D eigenvalue weighted by Gasteiger charge is -2.48.